The van der Waals surface area contributed by atoms with Crippen molar-refractivity contribution in [1.29, 1.82) is 0 Å². The molecule has 2 aromatic carbocycles. The molecule has 0 aliphatic carbocycles. The average Bonchev–Trinajstić information content (AvgIpc) is 2.71. The smallest absolute Gasteiger partial charge is 0.315 e. The van der Waals surface area contributed by atoms with Crippen LogP contribution in [-0.4, -0.2) is 38.9 Å². The van der Waals surface area contributed by atoms with Gasteiger partial charge >= 0.3 is 6.03 Å². The Morgan fingerprint density at radius 3 is 2.48 bits per heavy atom. The SMILES string of the molecule is COc1cc2c(cc1OC)[C@H]([C@H](C)NC(=O)NC(C)C)[NH+](Cc1cccc(F)c1)CC2. The molecule has 2 amide bonds. The third-order valence-electron chi connectivity index (χ3n) is 5.73. The van der Waals surface area contributed by atoms with Gasteiger partial charge in [-0.1, -0.05) is 12.1 Å². The van der Waals surface area contributed by atoms with Crippen LogP contribution in [0.25, 0.3) is 0 Å². The molecule has 0 bridgehead atoms. The Labute approximate surface area is 183 Å². The molecule has 0 fully saturated rings. The monoisotopic (exact) mass is 430 g/mol. The van der Waals surface area contributed by atoms with Crippen molar-refractivity contribution >= 4 is 6.03 Å². The van der Waals surface area contributed by atoms with Crippen molar-refractivity contribution < 1.29 is 23.6 Å². The molecule has 0 saturated heterocycles. The summed E-state index contributed by atoms with van der Waals surface area (Å²) in [6.45, 7) is 7.40. The molecule has 0 saturated carbocycles. The maximum atomic E-state index is 13.8. The zero-order valence-corrected chi connectivity index (χ0v) is 18.9. The van der Waals surface area contributed by atoms with E-state index in [1.54, 1.807) is 26.4 Å². The van der Waals surface area contributed by atoms with Crippen LogP contribution in [-0.2, 0) is 13.0 Å². The Kier molecular flexibility index (Phi) is 7.38. The van der Waals surface area contributed by atoms with E-state index in [1.165, 1.54) is 16.5 Å². The van der Waals surface area contributed by atoms with Gasteiger partial charge in [0, 0.05) is 23.6 Å². The molecule has 3 atom stereocenters. The Hall–Kier alpha value is -2.80. The van der Waals surface area contributed by atoms with Crippen molar-refractivity contribution in [2.75, 3.05) is 20.8 Å². The summed E-state index contributed by atoms with van der Waals surface area (Å²) in [7, 11) is 3.25. The molecule has 7 heteroatoms. The minimum atomic E-state index is -0.236. The van der Waals surface area contributed by atoms with Crippen molar-refractivity contribution in [1.82, 2.24) is 10.6 Å². The highest BCUT2D eigenvalue weighted by Crippen LogP contribution is 2.35. The van der Waals surface area contributed by atoms with Crippen molar-refractivity contribution in [2.45, 2.75) is 51.9 Å². The molecule has 1 aliphatic rings. The maximum Gasteiger partial charge on any atom is 0.315 e. The van der Waals surface area contributed by atoms with Gasteiger partial charge in [-0.2, -0.15) is 0 Å². The topological polar surface area (TPSA) is 64.0 Å². The fraction of sp³-hybridized carbons (Fsp3) is 0.458. The van der Waals surface area contributed by atoms with Crippen LogP contribution >= 0.6 is 0 Å². The molecule has 1 unspecified atom stereocenters. The Morgan fingerprint density at radius 1 is 1.13 bits per heavy atom. The van der Waals surface area contributed by atoms with Gasteiger partial charge in [0.1, 0.15) is 18.4 Å². The van der Waals surface area contributed by atoms with E-state index in [0.717, 1.165) is 24.1 Å². The molecule has 0 spiro atoms. The van der Waals surface area contributed by atoms with Crippen molar-refractivity contribution in [2.24, 2.45) is 0 Å². The summed E-state index contributed by atoms with van der Waals surface area (Å²) in [6.07, 6.45) is 0.863. The fourth-order valence-electron chi connectivity index (χ4n) is 4.44. The molecule has 168 valence electrons. The zero-order chi connectivity index (χ0) is 22.5. The lowest BCUT2D eigenvalue weighted by atomic mass is 9.87. The van der Waals surface area contributed by atoms with Crippen LogP contribution in [0, 0.1) is 5.82 Å². The predicted octanol–water partition coefficient (Wildman–Crippen LogP) is 2.62. The minimum Gasteiger partial charge on any atom is -0.493 e. The number of rotatable bonds is 7. The number of hydrogen-bond acceptors (Lipinski definition) is 3. The minimum absolute atomic E-state index is 0.0234. The van der Waals surface area contributed by atoms with Crippen LogP contribution in [0.5, 0.6) is 11.5 Å². The van der Waals surface area contributed by atoms with E-state index < -0.39 is 0 Å². The van der Waals surface area contributed by atoms with Gasteiger partial charge < -0.3 is 25.0 Å². The number of quaternary nitrogens is 1. The molecule has 1 aliphatic heterocycles. The lowest BCUT2D eigenvalue weighted by Crippen LogP contribution is -3.13. The van der Waals surface area contributed by atoms with Crippen LogP contribution in [0.15, 0.2) is 36.4 Å². The molecule has 31 heavy (non-hydrogen) atoms. The summed E-state index contributed by atoms with van der Waals surface area (Å²) < 4.78 is 24.8. The summed E-state index contributed by atoms with van der Waals surface area (Å²) in [5.74, 6) is 1.13. The van der Waals surface area contributed by atoms with Crippen molar-refractivity contribution in [3.8, 4) is 11.5 Å². The predicted molar refractivity (Wildman–Crippen MR) is 118 cm³/mol. The summed E-state index contributed by atoms with van der Waals surface area (Å²) in [5, 5.41) is 5.99. The van der Waals surface area contributed by atoms with E-state index in [-0.39, 0.29) is 30.0 Å². The third kappa shape index (κ3) is 5.47. The average molecular weight is 431 g/mol. The second-order valence-corrected chi connectivity index (χ2v) is 8.41. The Bertz CT molecular complexity index is 919. The molecule has 3 N–H and O–H groups in total. The van der Waals surface area contributed by atoms with Crippen molar-refractivity contribution in [3.63, 3.8) is 0 Å². The lowest BCUT2D eigenvalue weighted by Gasteiger charge is -2.38. The third-order valence-corrected chi connectivity index (χ3v) is 5.73. The quantitative estimate of drug-likeness (QED) is 0.633. The second kappa shape index (κ2) is 10.0. The lowest BCUT2D eigenvalue weighted by molar-refractivity contribution is -0.948. The van der Waals surface area contributed by atoms with Crippen LogP contribution in [0.2, 0.25) is 0 Å². The molecular formula is C24H33FN3O3+. The van der Waals surface area contributed by atoms with Crippen LogP contribution < -0.4 is 25.0 Å². The first kappa shape index (κ1) is 22.9. The van der Waals surface area contributed by atoms with E-state index in [0.29, 0.717) is 18.0 Å². The van der Waals surface area contributed by atoms with Gasteiger partial charge in [-0.15, -0.1) is 0 Å². The first-order chi connectivity index (χ1) is 14.8. The van der Waals surface area contributed by atoms with Crippen LogP contribution in [0.4, 0.5) is 9.18 Å². The number of nitrogens with one attached hydrogen (secondary N) is 3. The highest BCUT2D eigenvalue weighted by molar-refractivity contribution is 5.74. The van der Waals surface area contributed by atoms with Gasteiger partial charge in [-0.25, -0.2) is 9.18 Å². The van der Waals surface area contributed by atoms with Crippen molar-refractivity contribution in [3.05, 3.63) is 58.9 Å². The van der Waals surface area contributed by atoms with E-state index in [4.69, 9.17) is 9.47 Å². The zero-order valence-electron chi connectivity index (χ0n) is 18.9. The normalized spacial score (nSPS) is 18.8. The molecule has 6 nitrogen and oxygen atoms in total. The van der Waals surface area contributed by atoms with Gasteiger partial charge in [0.15, 0.2) is 11.5 Å². The van der Waals surface area contributed by atoms with Crippen LogP contribution in [0.1, 0.15) is 43.5 Å². The molecule has 0 radical (unpaired) electrons. The van der Waals surface area contributed by atoms with Gasteiger partial charge in [-0.05, 0) is 50.6 Å². The van der Waals surface area contributed by atoms with Crippen LogP contribution in [0.3, 0.4) is 0 Å². The van der Waals surface area contributed by atoms with Gasteiger partial charge in [-0.3, -0.25) is 0 Å². The number of carbonyl (C=O) groups is 1. The molecule has 0 aromatic heterocycles. The number of ether oxygens (including phenoxy) is 2. The van der Waals surface area contributed by atoms with Gasteiger partial charge in [0.25, 0.3) is 0 Å². The number of carbonyl (C=O) groups excluding carboxylic acids is 1. The fourth-order valence-corrected chi connectivity index (χ4v) is 4.44. The summed E-state index contributed by atoms with van der Waals surface area (Å²) in [4.78, 5) is 13.7. The Morgan fingerprint density at radius 2 is 1.84 bits per heavy atom. The van der Waals surface area contributed by atoms with Gasteiger partial charge in [0.05, 0.1) is 26.8 Å². The van der Waals surface area contributed by atoms with E-state index in [9.17, 15) is 9.18 Å². The highest BCUT2D eigenvalue weighted by Gasteiger charge is 2.37. The summed E-state index contributed by atoms with van der Waals surface area (Å²) in [6, 6.07) is 10.4. The number of fused-ring (bicyclic) bond motifs is 1. The summed E-state index contributed by atoms with van der Waals surface area (Å²) in [5.41, 5.74) is 3.24. The second-order valence-electron chi connectivity index (χ2n) is 8.41. The summed E-state index contributed by atoms with van der Waals surface area (Å²) >= 11 is 0. The van der Waals surface area contributed by atoms with E-state index in [2.05, 4.69) is 10.6 Å². The molecule has 1 heterocycles. The molecular weight excluding hydrogens is 397 g/mol. The highest BCUT2D eigenvalue weighted by atomic mass is 19.1. The maximum absolute atomic E-state index is 13.8. The first-order valence-electron chi connectivity index (χ1n) is 10.7. The van der Waals surface area contributed by atoms with E-state index in [1.807, 2.05) is 39.0 Å². The Balaban J connectivity index is 1.96. The number of urea groups is 1. The van der Waals surface area contributed by atoms with Gasteiger partial charge in [0.2, 0.25) is 0 Å². The number of methoxy groups -OCH3 is 2. The number of hydrogen-bond donors (Lipinski definition) is 3. The molecule has 3 rings (SSSR count). The molecule has 2 aromatic rings. The largest absolute Gasteiger partial charge is 0.493 e. The first-order valence-corrected chi connectivity index (χ1v) is 10.7. The standard InChI is InChI=1S/C24H32FN3O3/c1-15(2)26-24(29)27-16(3)23-20-13-22(31-5)21(30-4)12-18(20)9-10-28(23)14-17-7-6-8-19(25)11-17/h6-8,11-13,15-16,23H,9-10,14H2,1-5H3,(H2,26,27,29)/p+1/t16-,23-/m0/s1. The number of amides is 2. The number of halogens is 1. The number of benzene rings is 2. The van der Waals surface area contributed by atoms with E-state index >= 15 is 0 Å².